The number of phenolic OH excluding ortho intramolecular Hbond substituents is 1. The number of aromatic hydroxyl groups is 1. The normalized spacial score (nSPS) is 10.7. The number of aryl methyl sites for hydroxylation is 1. The van der Waals surface area contributed by atoms with Gasteiger partial charge in [-0.25, -0.2) is 0 Å². The second-order valence-electron chi connectivity index (χ2n) is 4.07. The molecule has 1 rings (SSSR count). The van der Waals surface area contributed by atoms with Gasteiger partial charge in [0.05, 0.1) is 10.0 Å². The van der Waals surface area contributed by atoms with E-state index in [0.29, 0.717) is 10.0 Å². The Morgan fingerprint density at radius 2 is 1.56 bits per heavy atom. The van der Waals surface area contributed by atoms with E-state index in [0.717, 1.165) is 18.4 Å². The third-order valence-electron chi connectivity index (χ3n) is 2.65. The fourth-order valence-corrected chi connectivity index (χ4v) is 2.23. The zero-order valence-corrected chi connectivity index (χ0v) is 11.1. The lowest BCUT2D eigenvalue weighted by Crippen LogP contribution is -1.87. The predicted octanol–water partition coefficient (Wildman–Crippen LogP) is 5.21. The summed E-state index contributed by atoms with van der Waals surface area (Å²) in [5.74, 6) is -0.0157. The molecule has 0 aliphatic carbocycles. The molecule has 0 atom stereocenters. The van der Waals surface area contributed by atoms with Gasteiger partial charge in [-0.3, -0.25) is 0 Å². The van der Waals surface area contributed by atoms with Gasteiger partial charge in [0.1, 0.15) is 0 Å². The minimum Gasteiger partial charge on any atom is -0.505 e. The Hall–Kier alpha value is -0.400. The molecule has 0 heterocycles. The van der Waals surface area contributed by atoms with Gasteiger partial charge in [0.15, 0.2) is 5.75 Å². The molecule has 1 aromatic rings. The number of hydrogen-bond acceptors (Lipinski definition) is 1. The number of benzene rings is 1. The van der Waals surface area contributed by atoms with Gasteiger partial charge < -0.3 is 5.11 Å². The van der Waals surface area contributed by atoms with Crippen LogP contribution in [0, 0.1) is 0 Å². The third kappa shape index (κ3) is 4.23. The molecule has 0 fully saturated rings. The van der Waals surface area contributed by atoms with Crippen molar-refractivity contribution in [3.8, 4) is 5.75 Å². The van der Waals surface area contributed by atoms with Crippen molar-refractivity contribution in [2.75, 3.05) is 0 Å². The molecular weight excluding hydrogens is 243 g/mol. The van der Waals surface area contributed by atoms with Crippen LogP contribution < -0.4 is 0 Å². The molecule has 90 valence electrons. The molecule has 0 bridgehead atoms. The summed E-state index contributed by atoms with van der Waals surface area (Å²) in [6.07, 6.45) is 7.22. The minimum atomic E-state index is -0.0157. The van der Waals surface area contributed by atoms with E-state index in [1.165, 1.54) is 25.7 Å². The first kappa shape index (κ1) is 13.7. The van der Waals surface area contributed by atoms with Crippen LogP contribution in [-0.2, 0) is 6.42 Å². The Kier molecular flexibility index (Phi) is 6.00. The molecule has 1 aromatic carbocycles. The van der Waals surface area contributed by atoms with Gasteiger partial charge in [-0.15, -0.1) is 0 Å². The standard InChI is InChI=1S/C13H18Cl2O/c1-2-3-4-5-6-7-10-8-11(14)13(16)12(15)9-10/h8-9,16H,2-7H2,1H3. The molecular formula is C13H18Cl2O. The van der Waals surface area contributed by atoms with Gasteiger partial charge in [0.2, 0.25) is 0 Å². The van der Waals surface area contributed by atoms with Gasteiger partial charge >= 0.3 is 0 Å². The van der Waals surface area contributed by atoms with Crippen LogP contribution in [0.4, 0.5) is 0 Å². The van der Waals surface area contributed by atoms with Crippen LogP contribution >= 0.6 is 23.2 Å². The number of unbranched alkanes of at least 4 members (excludes halogenated alkanes) is 4. The van der Waals surface area contributed by atoms with Crippen molar-refractivity contribution >= 4 is 23.2 Å². The Balaban J connectivity index is 2.43. The summed E-state index contributed by atoms with van der Waals surface area (Å²) in [6.45, 7) is 2.21. The Bertz CT molecular complexity index is 314. The average Bonchev–Trinajstić information content (AvgIpc) is 2.25. The second kappa shape index (κ2) is 7.03. The molecule has 0 aromatic heterocycles. The van der Waals surface area contributed by atoms with Crippen molar-refractivity contribution < 1.29 is 5.11 Å². The Morgan fingerprint density at radius 1 is 1.00 bits per heavy atom. The largest absolute Gasteiger partial charge is 0.505 e. The molecule has 0 radical (unpaired) electrons. The van der Waals surface area contributed by atoms with Crippen molar-refractivity contribution in [1.29, 1.82) is 0 Å². The van der Waals surface area contributed by atoms with Crippen molar-refractivity contribution in [2.24, 2.45) is 0 Å². The summed E-state index contributed by atoms with van der Waals surface area (Å²) in [5.41, 5.74) is 1.10. The number of rotatable bonds is 6. The molecule has 1 N–H and O–H groups in total. The molecule has 1 nitrogen and oxygen atoms in total. The minimum absolute atomic E-state index is 0.0157. The lowest BCUT2D eigenvalue weighted by Gasteiger charge is -2.05. The molecule has 16 heavy (non-hydrogen) atoms. The van der Waals surface area contributed by atoms with E-state index >= 15 is 0 Å². The summed E-state index contributed by atoms with van der Waals surface area (Å²) >= 11 is 11.7. The van der Waals surface area contributed by atoms with Crippen molar-refractivity contribution in [2.45, 2.75) is 45.4 Å². The molecule has 0 unspecified atom stereocenters. The van der Waals surface area contributed by atoms with Crippen molar-refractivity contribution in [3.63, 3.8) is 0 Å². The van der Waals surface area contributed by atoms with Gasteiger partial charge in [0, 0.05) is 0 Å². The zero-order valence-electron chi connectivity index (χ0n) is 9.60. The van der Waals surface area contributed by atoms with Crippen LogP contribution in [0.1, 0.15) is 44.6 Å². The molecule has 0 aliphatic heterocycles. The fourth-order valence-electron chi connectivity index (χ4n) is 1.70. The summed E-state index contributed by atoms with van der Waals surface area (Å²) in [7, 11) is 0. The van der Waals surface area contributed by atoms with E-state index in [4.69, 9.17) is 23.2 Å². The predicted molar refractivity (Wildman–Crippen MR) is 70.6 cm³/mol. The molecule has 0 saturated heterocycles. The van der Waals surface area contributed by atoms with E-state index in [1.54, 1.807) is 12.1 Å². The van der Waals surface area contributed by atoms with Crippen LogP contribution in [0.2, 0.25) is 10.0 Å². The van der Waals surface area contributed by atoms with E-state index in [9.17, 15) is 5.11 Å². The van der Waals surface area contributed by atoms with Crippen LogP contribution in [0.3, 0.4) is 0 Å². The highest BCUT2D eigenvalue weighted by Crippen LogP contribution is 2.33. The molecule has 0 aliphatic rings. The van der Waals surface area contributed by atoms with Crippen LogP contribution in [0.5, 0.6) is 5.75 Å². The first-order valence-electron chi connectivity index (χ1n) is 5.82. The highest BCUT2D eigenvalue weighted by molar-refractivity contribution is 6.37. The highest BCUT2D eigenvalue weighted by atomic mass is 35.5. The van der Waals surface area contributed by atoms with E-state index < -0.39 is 0 Å². The number of halogens is 2. The Labute approximate surface area is 107 Å². The molecule has 3 heteroatoms. The lowest BCUT2D eigenvalue weighted by atomic mass is 10.1. The number of phenols is 1. The maximum atomic E-state index is 9.41. The summed E-state index contributed by atoms with van der Waals surface area (Å²) in [4.78, 5) is 0. The third-order valence-corrected chi connectivity index (χ3v) is 3.22. The lowest BCUT2D eigenvalue weighted by molar-refractivity contribution is 0.475. The SMILES string of the molecule is CCCCCCCc1cc(Cl)c(O)c(Cl)c1. The average molecular weight is 261 g/mol. The van der Waals surface area contributed by atoms with Crippen LogP contribution in [0.25, 0.3) is 0 Å². The van der Waals surface area contributed by atoms with E-state index in [2.05, 4.69) is 6.92 Å². The molecule has 0 amide bonds. The highest BCUT2D eigenvalue weighted by Gasteiger charge is 2.06. The van der Waals surface area contributed by atoms with Crippen LogP contribution in [0.15, 0.2) is 12.1 Å². The summed E-state index contributed by atoms with van der Waals surface area (Å²) in [5, 5.41) is 10.1. The van der Waals surface area contributed by atoms with E-state index in [-0.39, 0.29) is 5.75 Å². The fraction of sp³-hybridized carbons (Fsp3) is 0.538. The monoisotopic (exact) mass is 260 g/mol. The van der Waals surface area contributed by atoms with Crippen molar-refractivity contribution in [1.82, 2.24) is 0 Å². The number of hydrogen-bond donors (Lipinski definition) is 1. The van der Waals surface area contributed by atoms with Crippen LogP contribution in [-0.4, -0.2) is 5.11 Å². The Morgan fingerprint density at radius 3 is 2.12 bits per heavy atom. The van der Waals surface area contributed by atoms with Gasteiger partial charge in [-0.1, -0.05) is 55.8 Å². The maximum absolute atomic E-state index is 9.41. The second-order valence-corrected chi connectivity index (χ2v) is 4.89. The van der Waals surface area contributed by atoms with E-state index in [1.807, 2.05) is 0 Å². The smallest absolute Gasteiger partial charge is 0.152 e. The first-order chi connectivity index (χ1) is 7.65. The quantitative estimate of drug-likeness (QED) is 0.697. The molecule has 0 spiro atoms. The van der Waals surface area contributed by atoms with Gasteiger partial charge in [-0.05, 0) is 30.5 Å². The topological polar surface area (TPSA) is 20.2 Å². The summed E-state index contributed by atoms with van der Waals surface area (Å²) in [6, 6.07) is 3.59. The summed E-state index contributed by atoms with van der Waals surface area (Å²) < 4.78 is 0. The van der Waals surface area contributed by atoms with Gasteiger partial charge in [0.25, 0.3) is 0 Å². The van der Waals surface area contributed by atoms with Gasteiger partial charge in [-0.2, -0.15) is 0 Å². The molecule has 0 saturated carbocycles. The van der Waals surface area contributed by atoms with Crippen molar-refractivity contribution in [3.05, 3.63) is 27.7 Å². The first-order valence-corrected chi connectivity index (χ1v) is 6.57. The maximum Gasteiger partial charge on any atom is 0.152 e. The zero-order chi connectivity index (χ0) is 12.0.